The Morgan fingerprint density at radius 1 is 0.356 bits per heavy atom. The predicted molar refractivity (Wildman–Crippen MR) is 399 cm³/mol. The molecule has 118 heavy (non-hydrogen) atoms. The van der Waals surface area contributed by atoms with E-state index in [1.54, 1.807) is 13.8 Å². The van der Waals surface area contributed by atoms with Crippen molar-refractivity contribution in [2.75, 3.05) is 60.8 Å². The van der Waals surface area contributed by atoms with Crippen LogP contribution in [0.15, 0.2) is 195 Å². The number of carbonyl (C=O) groups excluding carboxylic acids is 4. The number of benzene rings is 8. The van der Waals surface area contributed by atoms with E-state index in [0.717, 1.165) is 159 Å². The van der Waals surface area contributed by atoms with Gasteiger partial charge in [0.1, 0.15) is 23.3 Å². The third-order valence-electron chi connectivity index (χ3n) is 18.0. The fourth-order valence-corrected chi connectivity index (χ4v) is 11.6. The largest absolute Gasteiger partial charge is 0.381 e. The van der Waals surface area contributed by atoms with Crippen LogP contribution in [0.5, 0.6) is 0 Å². The van der Waals surface area contributed by atoms with Gasteiger partial charge >= 0.3 is 23.7 Å². The summed E-state index contributed by atoms with van der Waals surface area (Å²) in [4.78, 5) is 49.3. The van der Waals surface area contributed by atoms with Crippen molar-refractivity contribution in [3.63, 3.8) is 0 Å². The monoisotopic (exact) mass is 1680 g/mol. The summed E-state index contributed by atoms with van der Waals surface area (Å²) in [6.07, 6.45) is 4.91. The number of ether oxygens (including phenoxy) is 3. The molecule has 2 aliphatic heterocycles. The fraction of sp³-hybridized carbons (Fsp3) is 0.277. The van der Waals surface area contributed by atoms with E-state index in [9.17, 15) is 107 Å². The van der Waals surface area contributed by atoms with Gasteiger partial charge < -0.3 is 56.7 Å². The van der Waals surface area contributed by atoms with Gasteiger partial charge in [-0.2, -0.15) is 35.1 Å². The molecule has 0 spiro atoms. The normalized spacial score (nSPS) is 14.6. The van der Waals surface area contributed by atoms with Crippen LogP contribution in [0.4, 0.5) is 111 Å². The van der Waals surface area contributed by atoms with Crippen molar-refractivity contribution in [1.82, 2.24) is 21.3 Å². The van der Waals surface area contributed by atoms with Gasteiger partial charge in [0.2, 0.25) is 0 Å². The predicted octanol–water partition coefficient (Wildman–Crippen LogP) is 19.5. The van der Waals surface area contributed by atoms with Gasteiger partial charge in [-0.15, -0.1) is 0 Å². The van der Waals surface area contributed by atoms with Crippen molar-refractivity contribution >= 4 is 46.4 Å². The molecular weight excluding hydrogens is 1600 g/mol. The molecule has 8 aromatic rings. The van der Waals surface area contributed by atoms with Crippen molar-refractivity contribution in [2.45, 2.75) is 107 Å². The maximum atomic E-state index is 14.9. The molecule has 0 aromatic heterocycles. The van der Waals surface area contributed by atoms with Crippen LogP contribution >= 0.6 is 0 Å². The average molecular weight is 1680 g/mol. The Kier molecular flexibility index (Phi) is 31.5. The molecule has 630 valence electrons. The van der Waals surface area contributed by atoms with Crippen molar-refractivity contribution in [3.8, 4) is 0 Å². The van der Waals surface area contributed by atoms with Crippen LogP contribution < -0.4 is 42.5 Å². The topological polar surface area (TPSA) is 192 Å². The molecule has 2 heterocycles. The Morgan fingerprint density at radius 3 is 0.949 bits per heavy atom. The van der Waals surface area contributed by atoms with Crippen LogP contribution in [-0.2, 0) is 37.9 Å². The first-order valence-corrected chi connectivity index (χ1v) is 35.9. The molecular formula is C83H76F20N8O7. The molecule has 0 bridgehead atoms. The van der Waals surface area contributed by atoms with Gasteiger partial charge in [-0.1, -0.05) is 45.6 Å². The highest BCUT2D eigenvalue weighted by molar-refractivity contribution is 6.06. The zero-order chi connectivity index (χ0) is 86.7. The van der Waals surface area contributed by atoms with Gasteiger partial charge in [0.05, 0.1) is 71.0 Å². The summed E-state index contributed by atoms with van der Waals surface area (Å²) < 4.78 is 296. The first-order valence-electron chi connectivity index (χ1n) is 35.9. The summed E-state index contributed by atoms with van der Waals surface area (Å²) in [6, 6.07) is 19.6. The van der Waals surface area contributed by atoms with Gasteiger partial charge in [-0.3, -0.25) is 19.2 Å². The van der Waals surface area contributed by atoms with E-state index < -0.39 is 168 Å². The number of hydrogen-bond donors (Lipinski definition) is 8. The molecule has 2 saturated heterocycles. The maximum Gasteiger partial charge on any atom is 0.314 e. The highest BCUT2D eigenvalue weighted by Gasteiger charge is 2.44. The van der Waals surface area contributed by atoms with Crippen LogP contribution in [0.25, 0.3) is 0 Å². The lowest BCUT2D eigenvalue weighted by atomic mass is 9.94. The molecule has 8 aromatic carbocycles. The first kappa shape index (κ1) is 91.8. The summed E-state index contributed by atoms with van der Waals surface area (Å²) in [5.41, 5.74) is -8.39. The molecule has 1 aliphatic carbocycles. The van der Waals surface area contributed by atoms with E-state index in [4.69, 9.17) is 14.2 Å². The van der Waals surface area contributed by atoms with E-state index in [1.165, 1.54) is 0 Å². The number of alkyl halides is 8. The number of anilines is 4. The van der Waals surface area contributed by atoms with Crippen molar-refractivity contribution in [2.24, 2.45) is 0 Å². The van der Waals surface area contributed by atoms with Gasteiger partial charge in [0, 0.05) is 107 Å². The Bertz CT molecular complexity index is 4840. The van der Waals surface area contributed by atoms with E-state index in [0.29, 0.717) is 57.5 Å². The Hall–Kier alpha value is -11.7. The minimum Gasteiger partial charge on any atom is -0.381 e. The van der Waals surface area contributed by atoms with Gasteiger partial charge in [0.15, 0.2) is 46.5 Å². The molecule has 1 atom stereocenters. The van der Waals surface area contributed by atoms with E-state index in [1.807, 2.05) is 0 Å². The zero-order valence-corrected chi connectivity index (χ0v) is 62.6. The number of allylic oxidation sites excluding steroid dienone is 4. The van der Waals surface area contributed by atoms with Crippen molar-refractivity contribution < 1.29 is 121 Å². The molecule has 1 saturated carbocycles. The average Bonchev–Trinajstić information content (AvgIpc) is 0.802. The van der Waals surface area contributed by atoms with Crippen LogP contribution in [0, 0.1) is 69.8 Å². The zero-order valence-electron chi connectivity index (χ0n) is 62.6. The third kappa shape index (κ3) is 24.5. The molecule has 8 N–H and O–H groups in total. The number of amides is 4. The second kappa shape index (κ2) is 40.4. The highest BCUT2D eigenvalue weighted by atomic mass is 19.3. The molecule has 1 unspecified atom stereocenters. The second-order valence-corrected chi connectivity index (χ2v) is 27.1. The fourth-order valence-electron chi connectivity index (χ4n) is 11.6. The molecule has 0 radical (unpaired) electrons. The lowest BCUT2D eigenvalue weighted by Gasteiger charge is -2.29. The number of rotatable bonds is 25. The van der Waals surface area contributed by atoms with Crippen LogP contribution in [0.2, 0.25) is 0 Å². The van der Waals surface area contributed by atoms with Crippen LogP contribution in [0.1, 0.15) is 122 Å². The standard InChI is InChI=1S/C22H21F5N2O.C21H19F5N2O3.C21H19F5N2O2.C19H17F5N2O/c1-13(28-15-5-3-2-4-6-15)22(26,27)17-11-14(7-9-18(17)23)21(30)29-16-8-10-19(24)20(25)12-16;1-12(27-10-15-11-30-6-7-31-15)21(25,26)16-8-13(2-4-17(16)22)20(29)28-14-3-5-18(23)19(24)9-14;1-12(27-14-6-8-30-9-7-14)21(25,26)16-10-13(2-4-17(16)22)20(29)28-15-3-5-18(23)19(24)11-15;1-10(2)25-11(3)19(23,24)14-8-12(4-6-15(14)20)18(27)26-13-5-7-16(21)17(22)9-13/h7-12,15,28H,1-6H2,(H,29,30);2-5,8-9,15,27H,1,6-7,10-11H2,(H,28,29);2-5,10-11,14,27H,1,6-9H2,(H,28,29);4-10,25H,3H2,1-2H3,(H,26,27). The van der Waals surface area contributed by atoms with E-state index >= 15 is 0 Å². The van der Waals surface area contributed by atoms with Gasteiger partial charge in [0.25, 0.3) is 23.6 Å². The Morgan fingerprint density at radius 2 is 0.653 bits per heavy atom. The first-order chi connectivity index (χ1) is 55.6. The SMILES string of the molecule is C=C(NC(C)C)C(F)(F)c1cc(C(=O)Nc2ccc(F)c(F)c2)ccc1F.C=C(NC1CCCCC1)C(F)(F)c1cc(C(=O)Nc2ccc(F)c(F)c2)ccc1F.C=C(NC1CCOCC1)C(F)(F)c1cc(C(=O)Nc2ccc(F)c(F)c2)ccc1F.C=C(NCC1COCCO1)C(F)(F)c1cc(C(=O)Nc2ccc(F)c(F)c2)ccc1F. The second-order valence-electron chi connectivity index (χ2n) is 27.1. The molecule has 4 amide bonds. The lowest BCUT2D eigenvalue weighted by molar-refractivity contribution is -0.0869. The molecule has 15 nitrogen and oxygen atoms in total. The van der Waals surface area contributed by atoms with Crippen LogP contribution in [-0.4, -0.2) is 87.4 Å². The summed E-state index contributed by atoms with van der Waals surface area (Å²) in [5, 5.41) is 19.2. The Balaban J connectivity index is 0.000000196. The van der Waals surface area contributed by atoms with E-state index in [-0.39, 0.29) is 76.3 Å². The molecule has 11 rings (SSSR count). The quantitative estimate of drug-likeness (QED) is 0.0254. The Labute approximate surface area is 663 Å². The molecule has 3 fully saturated rings. The molecule has 35 heteroatoms. The molecule has 3 aliphatic rings. The van der Waals surface area contributed by atoms with E-state index in [2.05, 4.69) is 68.9 Å². The van der Waals surface area contributed by atoms with Crippen molar-refractivity contribution in [3.05, 3.63) is 309 Å². The minimum absolute atomic E-state index is 0.0215. The van der Waals surface area contributed by atoms with Crippen molar-refractivity contribution in [1.29, 1.82) is 0 Å². The number of nitrogens with one attached hydrogen (secondary N) is 8. The minimum atomic E-state index is -3.85. The summed E-state index contributed by atoms with van der Waals surface area (Å²) in [6.45, 7) is 18.3. The maximum absolute atomic E-state index is 14.9. The summed E-state index contributed by atoms with van der Waals surface area (Å²) in [7, 11) is 0. The number of halogens is 20. The highest BCUT2D eigenvalue weighted by Crippen LogP contribution is 2.41. The number of hydrogen-bond acceptors (Lipinski definition) is 11. The van der Waals surface area contributed by atoms with Gasteiger partial charge in [-0.25, -0.2) is 52.7 Å². The lowest BCUT2D eigenvalue weighted by Crippen LogP contribution is -2.39. The van der Waals surface area contributed by atoms with Crippen LogP contribution in [0.3, 0.4) is 0 Å². The number of carbonyl (C=O) groups is 4. The van der Waals surface area contributed by atoms with Gasteiger partial charge in [-0.05, 0) is 161 Å². The smallest absolute Gasteiger partial charge is 0.314 e. The third-order valence-corrected chi connectivity index (χ3v) is 18.0. The summed E-state index contributed by atoms with van der Waals surface area (Å²) >= 11 is 0. The summed E-state index contributed by atoms with van der Waals surface area (Å²) in [5.74, 6) is -32.7.